The predicted octanol–water partition coefficient (Wildman–Crippen LogP) is 3.13. The van der Waals surface area contributed by atoms with Crippen LogP contribution >= 0.6 is 0 Å². The Kier molecular flexibility index (Phi) is 5.45. The Bertz CT molecular complexity index is 953. The second-order valence-corrected chi connectivity index (χ2v) is 7.48. The molecule has 1 aromatic heterocycles. The maximum absolute atomic E-state index is 14.1. The van der Waals surface area contributed by atoms with E-state index in [0.29, 0.717) is 36.7 Å². The molecule has 30 heavy (non-hydrogen) atoms. The Labute approximate surface area is 167 Å². The molecule has 1 aromatic carbocycles. The summed E-state index contributed by atoms with van der Waals surface area (Å²) in [6, 6.07) is 0.247. The molecule has 2 aliphatic rings. The lowest BCUT2D eigenvalue weighted by Crippen LogP contribution is -2.50. The number of nitrogens with zero attached hydrogens (tertiary/aromatic N) is 3. The summed E-state index contributed by atoms with van der Waals surface area (Å²) in [6.45, 7) is 0.835. The van der Waals surface area contributed by atoms with Crippen LogP contribution in [-0.2, 0) is 23.9 Å². The Hall–Kier alpha value is -2.24. The van der Waals surface area contributed by atoms with E-state index in [0.717, 1.165) is 6.07 Å². The second-order valence-electron chi connectivity index (χ2n) is 7.48. The fraction of sp³-hybridized carbons (Fsp3) is 0.474. The van der Waals surface area contributed by atoms with E-state index in [1.807, 2.05) is 4.90 Å². The minimum absolute atomic E-state index is 0.114. The maximum Gasteiger partial charge on any atom is 0.451 e. The van der Waals surface area contributed by atoms with Gasteiger partial charge in [-0.2, -0.15) is 13.2 Å². The number of ether oxygens (including phenoxy) is 1. The largest absolute Gasteiger partial charge is 0.451 e. The third kappa shape index (κ3) is 4.01. The van der Waals surface area contributed by atoms with E-state index < -0.39 is 41.6 Å². The summed E-state index contributed by atoms with van der Waals surface area (Å²) in [5.74, 6) is -4.63. The van der Waals surface area contributed by atoms with Crippen LogP contribution in [0, 0.1) is 17.5 Å². The van der Waals surface area contributed by atoms with Crippen LogP contribution in [0.5, 0.6) is 0 Å². The standard InChI is InChI=1S/C19H18F6N4O/c20-12-5-14(22)13(21)4-11(12)17-15(26)3-10(8-30-17)29-2-1-9-6-27-18(19(23,24)25)28-16(9)7-29/h4-6,10,15,17H,1-3,7-8,26H2/t10?,15?,17-/m1/s1. The zero-order chi connectivity index (χ0) is 21.6. The summed E-state index contributed by atoms with van der Waals surface area (Å²) in [5.41, 5.74) is 6.92. The Morgan fingerprint density at radius 1 is 1.10 bits per heavy atom. The van der Waals surface area contributed by atoms with E-state index in [9.17, 15) is 26.3 Å². The first-order valence-electron chi connectivity index (χ1n) is 9.31. The summed E-state index contributed by atoms with van der Waals surface area (Å²) in [7, 11) is 0. The monoisotopic (exact) mass is 432 g/mol. The molecule has 5 nitrogen and oxygen atoms in total. The van der Waals surface area contributed by atoms with Gasteiger partial charge in [0.15, 0.2) is 11.6 Å². The van der Waals surface area contributed by atoms with Crippen LogP contribution < -0.4 is 5.73 Å². The predicted molar refractivity (Wildman–Crippen MR) is 92.5 cm³/mol. The van der Waals surface area contributed by atoms with Gasteiger partial charge in [0.25, 0.3) is 0 Å². The number of nitrogens with two attached hydrogens (primary N) is 1. The van der Waals surface area contributed by atoms with E-state index >= 15 is 0 Å². The van der Waals surface area contributed by atoms with Gasteiger partial charge >= 0.3 is 6.18 Å². The Balaban J connectivity index is 1.47. The molecule has 1 fully saturated rings. The van der Waals surface area contributed by atoms with Crippen molar-refractivity contribution >= 4 is 0 Å². The van der Waals surface area contributed by atoms with E-state index in [-0.39, 0.29) is 24.8 Å². The fourth-order valence-corrected chi connectivity index (χ4v) is 3.95. The van der Waals surface area contributed by atoms with Crippen molar-refractivity contribution in [1.82, 2.24) is 14.9 Å². The highest BCUT2D eigenvalue weighted by Gasteiger charge is 2.38. The van der Waals surface area contributed by atoms with Crippen LogP contribution in [0.4, 0.5) is 26.3 Å². The topological polar surface area (TPSA) is 64.3 Å². The summed E-state index contributed by atoms with van der Waals surface area (Å²) >= 11 is 0. The van der Waals surface area contributed by atoms with Gasteiger partial charge in [-0.1, -0.05) is 0 Å². The van der Waals surface area contributed by atoms with Gasteiger partial charge in [-0.15, -0.1) is 0 Å². The van der Waals surface area contributed by atoms with Gasteiger partial charge in [0.1, 0.15) is 11.9 Å². The molecule has 0 bridgehead atoms. The average Bonchev–Trinajstić information content (AvgIpc) is 2.69. The fourth-order valence-electron chi connectivity index (χ4n) is 3.95. The summed E-state index contributed by atoms with van der Waals surface area (Å²) in [6.07, 6.45) is -3.56. The molecule has 3 atom stereocenters. The van der Waals surface area contributed by atoms with Gasteiger partial charge in [0, 0.05) is 43.0 Å². The van der Waals surface area contributed by atoms with Crippen molar-refractivity contribution in [3.8, 4) is 0 Å². The first-order chi connectivity index (χ1) is 14.1. The number of fused-ring (bicyclic) bond motifs is 1. The lowest BCUT2D eigenvalue weighted by atomic mass is 9.92. The summed E-state index contributed by atoms with van der Waals surface area (Å²) in [4.78, 5) is 8.96. The smallest absolute Gasteiger partial charge is 0.370 e. The molecule has 0 amide bonds. The van der Waals surface area contributed by atoms with Gasteiger partial charge in [-0.05, 0) is 24.5 Å². The quantitative estimate of drug-likeness (QED) is 0.584. The number of benzene rings is 1. The molecule has 162 valence electrons. The van der Waals surface area contributed by atoms with E-state index in [2.05, 4.69) is 9.97 Å². The van der Waals surface area contributed by atoms with Crippen LogP contribution in [0.1, 0.15) is 35.2 Å². The van der Waals surface area contributed by atoms with Crippen LogP contribution in [0.3, 0.4) is 0 Å². The normalized spacial score (nSPS) is 25.2. The van der Waals surface area contributed by atoms with E-state index in [1.54, 1.807) is 0 Å². The van der Waals surface area contributed by atoms with Crippen LogP contribution in [0.15, 0.2) is 18.3 Å². The molecule has 2 aliphatic heterocycles. The van der Waals surface area contributed by atoms with E-state index in [1.165, 1.54) is 6.20 Å². The summed E-state index contributed by atoms with van der Waals surface area (Å²) in [5, 5.41) is 0. The van der Waals surface area contributed by atoms with Crippen molar-refractivity contribution in [1.29, 1.82) is 0 Å². The molecule has 1 saturated heterocycles. The van der Waals surface area contributed by atoms with Crippen molar-refractivity contribution in [2.75, 3.05) is 13.2 Å². The number of hydrogen-bond acceptors (Lipinski definition) is 5. The molecule has 0 spiro atoms. The Morgan fingerprint density at radius 3 is 2.53 bits per heavy atom. The highest BCUT2D eigenvalue weighted by Crippen LogP contribution is 2.34. The van der Waals surface area contributed by atoms with Crippen molar-refractivity contribution in [2.45, 2.75) is 43.8 Å². The SMILES string of the molecule is NC1CC(N2CCc3cnc(C(F)(F)F)nc3C2)CO[C@@H]1c1cc(F)c(F)cc1F. The zero-order valence-electron chi connectivity index (χ0n) is 15.6. The number of aromatic nitrogens is 2. The molecule has 4 rings (SSSR count). The van der Waals surface area contributed by atoms with Gasteiger partial charge in [0.2, 0.25) is 5.82 Å². The third-order valence-corrected chi connectivity index (χ3v) is 5.49. The van der Waals surface area contributed by atoms with Gasteiger partial charge in [0.05, 0.1) is 12.3 Å². The third-order valence-electron chi connectivity index (χ3n) is 5.49. The van der Waals surface area contributed by atoms with Crippen molar-refractivity contribution in [2.24, 2.45) is 5.73 Å². The van der Waals surface area contributed by atoms with Crippen LogP contribution in [-0.4, -0.2) is 40.1 Å². The molecule has 3 heterocycles. The molecule has 2 unspecified atom stereocenters. The molecule has 0 radical (unpaired) electrons. The molecular weight excluding hydrogens is 414 g/mol. The Morgan fingerprint density at radius 2 is 1.83 bits per heavy atom. The number of alkyl halides is 3. The minimum Gasteiger partial charge on any atom is -0.370 e. The zero-order valence-corrected chi connectivity index (χ0v) is 15.6. The van der Waals surface area contributed by atoms with Crippen molar-refractivity contribution < 1.29 is 31.1 Å². The highest BCUT2D eigenvalue weighted by molar-refractivity contribution is 5.25. The van der Waals surface area contributed by atoms with Gasteiger partial charge < -0.3 is 10.5 Å². The molecule has 2 aromatic rings. The highest BCUT2D eigenvalue weighted by atomic mass is 19.4. The molecule has 0 saturated carbocycles. The number of hydrogen-bond donors (Lipinski definition) is 1. The molecule has 11 heteroatoms. The minimum atomic E-state index is -4.63. The van der Waals surface area contributed by atoms with Gasteiger partial charge in [-0.25, -0.2) is 23.1 Å². The van der Waals surface area contributed by atoms with Crippen LogP contribution in [0.25, 0.3) is 0 Å². The van der Waals surface area contributed by atoms with Crippen molar-refractivity contribution in [3.63, 3.8) is 0 Å². The number of halogens is 6. The second kappa shape index (κ2) is 7.78. The maximum atomic E-state index is 14.1. The summed E-state index contributed by atoms with van der Waals surface area (Å²) < 4.78 is 85.1. The molecular formula is C19H18F6N4O. The van der Waals surface area contributed by atoms with E-state index in [4.69, 9.17) is 10.5 Å². The number of rotatable bonds is 2. The lowest BCUT2D eigenvalue weighted by molar-refractivity contribution is -0.145. The molecule has 2 N–H and O–H groups in total. The van der Waals surface area contributed by atoms with Crippen molar-refractivity contribution in [3.05, 3.63) is 58.4 Å². The first-order valence-corrected chi connectivity index (χ1v) is 9.31. The first kappa shape index (κ1) is 21.0. The molecule has 0 aliphatic carbocycles. The van der Waals surface area contributed by atoms with Crippen LogP contribution in [0.2, 0.25) is 0 Å². The average molecular weight is 432 g/mol. The van der Waals surface area contributed by atoms with Gasteiger partial charge in [-0.3, -0.25) is 4.90 Å². The lowest BCUT2D eigenvalue weighted by Gasteiger charge is -2.41.